The van der Waals surface area contributed by atoms with E-state index >= 15 is 0 Å². The van der Waals surface area contributed by atoms with Crippen molar-refractivity contribution in [2.75, 3.05) is 0 Å². The van der Waals surface area contributed by atoms with E-state index in [1.54, 1.807) is 0 Å². The van der Waals surface area contributed by atoms with Crippen LogP contribution in [0.1, 0.15) is 25.0 Å². The molecule has 0 unspecified atom stereocenters. The number of rotatable bonds is 5. The highest BCUT2D eigenvalue weighted by Crippen LogP contribution is 2.52. The summed E-state index contributed by atoms with van der Waals surface area (Å²) in [6, 6.07) is 64.8. The maximum Gasteiger partial charge on any atom is 0.160 e. The summed E-state index contributed by atoms with van der Waals surface area (Å²) in [4.78, 5) is 10.7. The van der Waals surface area contributed by atoms with Crippen molar-refractivity contribution in [1.82, 2.24) is 9.97 Å². The molecule has 56 heavy (non-hydrogen) atoms. The van der Waals surface area contributed by atoms with Crippen molar-refractivity contribution in [3.05, 3.63) is 193 Å². The Hall–Kier alpha value is -7.10. The highest BCUT2D eigenvalue weighted by atomic mass is 16.3. The Kier molecular flexibility index (Phi) is 7.20. The normalized spacial score (nSPS) is 13.0. The highest BCUT2D eigenvalue weighted by Gasteiger charge is 2.36. The zero-order valence-electron chi connectivity index (χ0n) is 31.1. The van der Waals surface area contributed by atoms with Gasteiger partial charge in [0.1, 0.15) is 11.2 Å². The average Bonchev–Trinajstić information content (AvgIpc) is 3.75. The maximum atomic E-state index is 6.62. The minimum absolute atomic E-state index is 0.126. The number of furan rings is 1. The lowest BCUT2D eigenvalue weighted by Gasteiger charge is -2.21. The highest BCUT2D eigenvalue weighted by molar-refractivity contribution is 6.10. The first kappa shape index (κ1) is 32.3. The smallest absolute Gasteiger partial charge is 0.160 e. The van der Waals surface area contributed by atoms with Crippen LogP contribution in [0.25, 0.3) is 100.0 Å². The van der Waals surface area contributed by atoms with Crippen LogP contribution in [-0.4, -0.2) is 9.97 Å². The number of para-hydroxylation sites is 2. The Morgan fingerprint density at radius 3 is 1.89 bits per heavy atom. The first-order chi connectivity index (χ1) is 27.5. The van der Waals surface area contributed by atoms with Crippen LogP contribution >= 0.6 is 0 Å². The van der Waals surface area contributed by atoms with Crippen molar-refractivity contribution in [2.45, 2.75) is 19.3 Å². The van der Waals surface area contributed by atoms with Crippen molar-refractivity contribution < 1.29 is 4.42 Å². The number of aromatic nitrogens is 2. The number of fused-ring (bicyclic) bond motifs is 7. The van der Waals surface area contributed by atoms with Crippen LogP contribution in [0.3, 0.4) is 0 Å². The molecule has 1 aliphatic rings. The molecule has 8 aromatic carbocycles. The van der Waals surface area contributed by atoms with E-state index in [1.807, 2.05) is 18.2 Å². The zero-order chi connectivity index (χ0) is 37.4. The van der Waals surface area contributed by atoms with E-state index in [2.05, 4.69) is 178 Å². The summed E-state index contributed by atoms with van der Waals surface area (Å²) in [7, 11) is 0. The molecule has 0 N–H and O–H groups in total. The minimum atomic E-state index is -0.126. The molecule has 11 rings (SSSR count). The molecule has 0 saturated carbocycles. The second-order valence-corrected chi connectivity index (χ2v) is 15.3. The van der Waals surface area contributed by atoms with Gasteiger partial charge in [0.05, 0.1) is 11.4 Å². The van der Waals surface area contributed by atoms with E-state index in [4.69, 9.17) is 14.4 Å². The van der Waals surface area contributed by atoms with Crippen LogP contribution in [0, 0.1) is 0 Å². The molecule has 0 atom stereocenters. The SMILES string of the molecule is CC1(C)c2ccccc2-c2c(-c3cc(-c4cc(-c5cccc6ccccc56)cc(-c5cccc6c5oc5ccccc56)c4)nc(-c4ccccc4)n3)cccc21. The molecule has 0 saturated heterocycles. The molecule has 264 valence electrons. The van der Waals surface area contributed by atoms with Gasteiger partial charge in [-0.05, 0) is 80.0 Å². The summed E-state index contributed by atoms with van der Waals surface area (Å²) < 4.78 is 6.62. The van der Waals surface area contributed by atoms with Gasteiger partial charge in [0.15, 0.2) is 5.82 Å². The molecule has 3 nitrogen and oxygen atoms in total. The van der Waals surface area contributed by atoms with Crippen LogP contribution in [0.4, 0.5) is 0 Å². The summed E-state index contributed by atoms with van der Waals surface area (Å²) in [6.07, 6.45) is 0. The summed E-state index contributed by atoms with van der Waals surface area (Å²) in [5.74, 6) is 0.692. The largest absolute Gasteiger partial charge is 0.455 e. The molecule has 3 heteroatoms. The van der Waals surface area contributed by atoms with Gasteiger partial charge in [0.2, 0.25) is 0 Å². The maximum absolute atomic E-state index is 6.62. The van der Waals surface area contributed by atoms with E-state index in [-0.39, 0.29) is 5.41 Å². The molecule has 10 aromatic rings. The molecule has 0 spiro atoms. The number of hydrogen-bond acceptors (Lipinski definition) is 3. The van der Waals surface area contributed by atoms with E-state index in [9.17, 15) is 0 Å². The fourth-order valence-corrected chi connectivity index (χ4v) is 8.96. The van der Waals surface area contributed by atoms with Gasteiger partial charge in [0, 0.05) is 38.4 Å². The summed E-state index contributed by atoms with van der Waals surface area (Å²) in [5.41, 5.74) is 16.0. The quantitative estimate of drug-likeness (QED) is 0.178. The molecule has 2 aromatic heterocycles. The van der Waals surface area contributed by atoms with E-state index in [0.29, 0.717) is 5.82 Å². The number of hydrogen-bond donors (Lipinski definition) is 0. The molecule has 0 aliphatic heterocycles. The van der Waals surface area contributed by atoms with Gasteiger partial charge in [-0.3, -0.25) is 0 Å². The molecule has 1 aliphatic carbocycles. The number of benzene rings is 8. The van der Waals surface area contributed by atoms with Crippen molar-refractivity contribution >= 4 is 32.7 Å². The molecule has 0 fully saturated rings. The van der Waals surface area contributed by atoms with Crippen LogP contribution in [0.15, 0.2) is 186 Å². The Bertz CT molecular complexity index is 3170. The summed E-state index contributed by atoms with van der Waals surface area (Å²) >= 11 is 0. The van der Waals surface area contributed by atoms with Crippen LogP contribution in [-0.2, 0) is 5.41 Å². The number of nitrogens with zero attached hydrogens (tertiary/aromatic N) is 2. The molecule has 0 bridgehead atoms. The van der Waals surface area contributed by atoms with Crippen molar-refractivity contribution in [3.63, 3.8) is 0 Å². The first-order valence-corrected chi connectivity index (χ1v) is 19.2. The molecular weight excluding hydrogens is 681 g/mol. The Balaban J connectivity index is 1.19. The Morgan fingerprint density at radius 1 is 0.411 bits per heavy atom. The van der Waals surface area contributed by atoms with E-state index < -0.39 is 0 Å². The minimum Gasteiger partial charge on any atom is -0.455 e. The predicted molar refractivity (Wildman–Crippen MR) is 232 cm³/mol. The second-order valence-electron chi connectivity index (χ2n) is 15.3. The zero-order valence-corrected chi connectivity index (χ0v) is 31.1. The van der Waals surface area contributed by atoms with Crippen molar-refractivity contribution in [1.29, 1.82) is 0 Å². The third-order valence-corrected chi connectivity index (χ3v) is 11.7. The lowest BCUT2D eigenvalue weighted by molar-refractivity contribution is 0.660. The van der Waals surface area contributed by atoms with Crippen molar-refractivity contribution in [3.8, 4) is 67.3 Å². The van der Waals surface area contributed by atoms with E-state index in [1.165, 1.54) is 38.6 Å². The third kappa shape index (κ3) is 5.05. The van der Waals surface area contributed by atoms with Gasteiger partial charge in [0.25, 0.3) is 0 Å². The van der Waals surface area contributed by atoms with E-state index in [0.717, 1.165) is 66.7 Å². The van der Waals surface area contributed by atoms with Crippen LogP contribution < -0.4 is 0 Å². The second kappa shape index (κ2) is 12.5. The summed E-state index contributed by atoms with van der Waals surface area (Å²) in [5, 5.41) is 4.62. The fraction of sp³-hybridized carbons (Fsp3) is 0.0566. The lowest BCUT2D eigenvalue weighted by Crippen LogP contribution is -2.14. The van der Waals surface area contributed by atoms with Crippen LogP contribution in [0.2, 0.25) is 0 Å². The fourth-order valence-electron chi connectivity index (χ4n) is 8.96. The monoisotopic (exact) mass is 716 g/mol. The third-order valence-electron chi connectivity index (χ3n) is 11.7. The Morgan fingerprint density at radius 2 is 1.00 bits per heavy atom. The topological polar surface area (TPSA) is 38.9 Å². The van der Waals surface area contributed by atoms with Gasteiger partial charge in [-0.2, -0.15) is 0 Å². The standard InChI is InChI=1S/C53H36N2O/c1-53(2)45-26-10-8-21-43(45)50-44(25-14-27-46(50)53)48-32-47(54-52(55-48)34-16-4-3-5-17-34)37-30-35(39-22-12-18-33-15-6-7-19-38(33)39)29-36(31-37)40-23-13-24-42-41-20-9-11-28-49(41)56-51(40)42/h3-32H,1-2H3. The first-order valence-electron chi connectivity index (χ1n) is 19.2. The molecule has 0 radical (unpaired) electrons. The molecule has 0 amide bonds. The van der Waals surface area contributed by atoms with Gasteiger partial charge in [-0.25, -0.2) is 9.97 Å². The predicted octanol–water partition coefficient (Wildman–Crippen LogP) is 14.2. The van der Waals surface area contributed by atoms with Gasteiger partial charge in [-0.1, -0.05) is 166 Å². The summed E-state index contributed by atoms with van der Waals surface area (Å²) in [6.45, 7) is 4.65. The molecular formula is C53H36N2O. The average molecular weight is 717 g/mol. The van der Waals surface area contributed by atoms with Gasteiger partial charge in [-0.15, -0.1) is 0 Å². The molecule has 2 heterocycles. The van der Waals surface area contributed by atoms with Crippen molar-refractivity contribution in [2.24, 2.45) is 0 Å². The van der Waals surface area contributed by atoms with Gasteiger partial charge < -0.3 is 4.42 Å². The lowest BCUT2D eigenvalue weighted by atomic mass is 9.82. The Labute approximate surface area is 325 Å². The van der Waals surface area contributed by atoms with Gasteiger partial charge >= 0.3 is 0 Å². The van der Waals surface area contributed by atoms with Crippen LogP contribution in [0.5, 0.6) is 0 Å².